The third kappa shape index (κ3) is 4.18. The van der Waals surface area contributed by atoms with Gasteiger partial charge in [-0.2, -0.15) is 0 Å². The Kier molecular flexibility index (Phi) is 5.64. The van der Waals surface area contributed by atoms with Gasteiger partial charge in [-0.25, -0.2) is 9.78 Å². The Morgan fingerprint density at radius 1 is 1.06 bits per heavy atom. The van der Waals surface area contributed by atoms with Gasteiger partial charge in [0.25, 0.3) is 5.69 Å². The molecule has 3 aromatic carbocycles. The maximum atomic E-state index is 13.3. The number of aryl methyl sites for hydroxylation is 1. The second kappa shape index (κ2) is 8.90. The lowest BCUT2D eigenvalue weighted by Gasteiger charge is -2.12. The first kappa shape index (κ1) is 21.5. The summed E-state index contributed by atoms with van der Waals surface area (Å²) in [7, 11) is 0. The normalized spacial score (nSPS) is 13.7. The maximum absolute atomic E-state index is 13.3. The number of aromatic nitrogens is 1. The van der Waals surface area contributed by atoms with E-state index in [9.17, 15) is 14.9 Å². The van der Waals surface area contributed by atoms with E-state index in [1.54, 1.807) is 12.1 Å². The average molecular weight is 450 g/mol. The van der Waals surface area contributed by atoms with E-state index in [0.29, 0.717) is 17.5 Å². The van der Waals surface area contributed by atoms with Crippen molar-refractivity contribution in [3.8, 4) is 0 Å². The lowest BCUT2D eigenvalue weighted by Crippen LogP contribution is -2.10. The van der Waals surface area contributed by atoms with Crippen LogP contribution in [0.25, 0.3) is 22.6 Å². The van der Waals surface area contributed by atoms with Crippen LogP contribution in [-0.4, -0.2) is 15.9 Å². The monoisotopic (exact) mass is 450 g/mol. The molecule has 0 saturated heterocycles. The van der Waals surface area contributed by atoms with E-state index in [1.807, 2.05) is 24.3 Å². The smallest absolute Gasteiger partial charge is 0.339 e. The minimum absolute atomic E-state index is 0.0327. The highest BCUT2D eigenvalue weighted by Crippen LogP contribution is 2.38. The summed E-state index contributed by atoms with van der Waals surface area (Å²) in [6, 6.07) is 22.0. The number of benzene rings is 3. The molecule has 0 bridgehead atoms. The third-order valence-electron chi connectivity index (χ3n) is 6.06. The van der Waals surface area contributed by atoms with Gasteiger partial charge in [0, 0.05) is 17.5 Å². The van der Waals surface area contributed by atoms with Gasteiger partial charge < -0.3 is 4.74 Å². The van der Waals surface area contributed by atoms with Crippen LogP contribution >= 0.6 is 0 Å². The summed E-state index contributed by atoms with van der Waals surface area (Å²) < 4.78 is 5.64. The number of rotatable bonds is 5. The number of nitro groups is 1. The molecule has 0 unspecified atom stereocenters. The summed E-state index contributed by atoms with van der Waals surface area (Å²) in [5, 5.41) is 11.8. The predicted octanol–water partition coefficient (Wildman–Crippen LogP) is 6.30. The zero-order valence-corrected chi connectivity index (χ0v) is 18.7. The number of para-hydroxylation sites is 1. The van der Waals surface area contributed by atoms with Gasteiger partial charge in [-0.3, -0.25) is 10.1 Å². The average Bonchev–Trinajstić information content (AvgIpc) is 3.24. The second-order valence-corrected chi connectivity index (χ2v) is 8.41. The second-order valence-electron chi connectivity index (χ2n) is 8.41. The van der Waals surface area contributed by atoms with E-state index >= 15 is 0 Å². The zero-order valence-electron chi connectivity index (χ0n) is 18.7. The van der Waals surface area contributed by atoms with Crippen LogP contribution in [-0.2, 0) is 17.8 Å². The molecule has 1 aromatic heterocycles. The van der Waals surface area contributed by atoms with E-state index in [0.717, 1.165) is 39.7 Å². The minimum Gasteiger partial charge on any atom is -0.457 e. The van der Waals surface area contributed by atoms with Crippen molar-refractivity contribution in [3.63, 3.8) is 0 Å². The van der Waals surface area contributed by atoms with Crippen LogP contribution in [0.15, 0.2) is 72.8 Å². The molecule has 0 N–H and O–H groups in total. The van der Waals surface area contributed by atoms with Crippen LogP contribution in [0.5, 0.6) is 0 Å². The van der Waals surface area contributed by atoms with Crippen molar-refractivity contribution >= 4 is 34.2 Å². The first-order chi connectivity index (χ1) is 16.5. The minimum atomic E-state index is -0.462. The van der Waals surface area contributed by atoms with Gasteiger partial charge in [-0.15, -0.1) is 0 Å². The highest BCUT2D eigenvalue weighted by molar-refractivity contribution is 6.07. The van der Waals surface area contributed by atoms with Crippen molar-refractivity contribution in [1.82, 2.24) is 4.98 Å². The number of ether oxygens (including phenoxy) is 1. The van der Waals surface area contributed by atoms with E-state index in [2.05, 4.69) is 37.3 Å². The third-order valence-corrected chi connectivity index (χ3v) is 6.06. The van der Waals surface area contributed by atoms with E-state index in [-0.39, 0.29) is 12.3 Å². The molecule has 1 heterocycles. The molecule has 4 aromatic rings. The molecule has 0 saturated carbocycles. The number of hydrogen-bond donors (Lipinski definition) is 0. The molecule has 34 heavy (non-hydrogen) atoms. The van der Waals surface area contributed by atoms with Gasteiger partial charge in [0.05, 0.1) is 21.7 Å². The number of allylic oxidation sites excluding steroid dienone is 1. The highest BCUT2D eigenvalue weighted by Gasteiger charge is 2.27. The molecule has 0 spiro atoms. The predicted molar refractivity (Wildman–Crippen MR) is 131 cm³/mol. The molecule has 0 radical (unpaired) electrons. The number of fused-ring (bicyclic) bond motifs is 2. The molecule has 6 heteroatoms. The molecular formula is C28H22N2O4. The van der Waals surface area contributed by atoms with E-state index in [4.69, 9.17) is 9.72 Å². The summed E-state index contributed by atoms with van der Waals surface area (Å²) in [6.45, 7) is 2.01. The van der Waals surface area contributed by atoms with Crippen molar-refractivity contribution in [2.75, 3.05) is 0 Å². The largest absolute Gasteiger partial charge is 0.457 e. The summed E-state index contributed by atoms with van der Waals surface area (Å²) in [5.74, 6) is -0.446. The van der Waals surface area contributed by atoms with E-state index in [1.165, 1.54) is 17.7 Å². The van der Waals surface area contributed by atoms with Gasteiger partial charge in [-0.1, -0.05) is 60.2 Å². The molecule has 5 rings (SSSR count). The number of carbonyl (C=O) groups excluding carboxylic acids is 1. The number of esters is 1. The van der Waals surface area contributed by atoms with Gasteiger partial charge in [0.15, 0.2) is 0 Å². The molecule has 1 aliphatic carbocycles. The lowest BCUT2D eigenvalue weighted by atomic mass is 10.0. The van der Waals surface area contributed by atoms with Crippen molar-refractivity contribution in [1.29, 1.82) is 0 Å². The molecule has 1 aliphatic rings. The molecule has 0 amide bonds. The number of nitrogens with zero attached hydrogens (tertiary/aromatic N) is 2. The Labute approximate surface area is 196 Å². The van der Waals surface area contributed by atoms with Crippen LogP contribution < -0.4 is 0 Å². The van der Waals surface area contributed by atoms with Gasteiger partial charge in [-0.05, 0) is 54.2 Å². The van der Waals surface area contributed by atoms with Crippen LogP contribution in [0.1, 0.15) is 44.7 Å². The summed E-state index contributed by atoms with van der Waals surface area (Å²) in [6.07, 6.45) is 3.62. The quantitative estimate of drug-likeness (QED) is 0.203. The van der Waals surface area contributed by atoms with Crippen molar-refractivity contribution in [3.05, 3.63) is 116 Å². The number of pyridine rings is 1. The van der Waals surface area contributed by atoms with Crippen LogP contribution in [0.2, 0.25) is 0 Å². The molecular weight excluding hydrogens is 428 g/mol. The summed E-state index contributed by atoms with van der Waals surface area (Å²) in [5.41, 5.74) is 6.91. The summed E-state index contributed by atoms with van der Waals surface area (Å²) in [4.78, 5) is 28.8. The van der Waals surface area contributed by atoms with Crippen molar-refractivity contribution < 1.29 is 14.5 Å². The number of carbonyl (C=O) groups is 1. The molecule has 0 aliphatic heterocycles. The Morgan fingerprint density at radius 2 is 1.85 bits per heavy atom. The number of nitro benzene ring substituents is 1. The Morgan fingerprint density at radius 3 is 2.65 bits per heavy atom. The Balaban J connectivity index is 1.51. The fourth-order valence-corrected chi connectivity index (χ4v) is 4.36. The standard InChI is InChI=1S/C28H22N2O4/c1-18-9-11-19(12-10-18)15-21-13-14-24-26(23-7-2-3-8-25(23)29-27(21)24)28(31)34-17-20-5-4-6-22(16-20)30(32)33/h2-12,15-16H,13-14,17H2,1H3/b21-15+. The Hall–Kier alpha value is -4.32. The van der Waals surface area contributed by atoms with Crippen LogP contribution in [0.3, 0.4) is 0 Å². The fraction of sp³-hybridized carbons (Fsp3) is 0.143. The SMILES string of the molecule is Cc1ccc(/C=C2\CCc3c2nc2ccccc2c3C(=O)OCc2cccc([N+](=O)[O-])c2)cc1. The molecule has 6 nitrogen and oxygen atoms in total. The van der Waals surface area contributed by atoms with Gasteiger partial charge in [0.1, 0.15) is 6.61 Å². The number of non-ortho nitro benzene ring substituents is 1. The van der Waals surface area contributed by atoms with E-state index < -0.39 is 10.9 Å². The molecule has 0 atom stereocenters. The van der Waals surface area contributed by atoms with Gasteiger partial charge >= 0.3 is 5.97 Å². The molecule has 0 fully saturated rings. The fourth-order valence-electron chi connectivity index (χ4n) is 4.36. The van der Waals surface area contributed by atoms with Crippen molar-refractivity contribution in [2.45, 2.75) is 26.4 Å². The Bertz CT molecular complexity index is 1460. The van der Waals surface area contributed by atoms with Gasteiger partial charge in [0.2, 0.25) is 0 Å². The van der Waals surface area contributed by atoms with Crippen LogP contribution in [0.4, 0.5) is 5.69 Å². The topological polar surface area (TPSA) is 82.3 Å². The van der Waals surface area contributed by atoms with Crippen LogP contribution in [0, 0.1) is 17.0 Å². The first-order valence-electron chi connectivity index (χ1n) is 11.1. The van der Waals surface area contributed by atoms with Crippen molar-refractivity contribution in [2.24, 2.45) is 0 Å². The first-order valence-corrected chi connectivity index (χ1v) is 11.1. The summed E-state index contributed by atoms with van der Waals surface area (Å²) >= 11 is 0. The highest BCUT2D eigenvalue weighted by atomic mass is 16.6. The lowest BCUT2D eigenvalue weighted by molar-refractivity contribution is -0.384. The molecule has 168 valence electrons. The zero-order chi connectivity index (χ0) is 23.7. The maximum Gasteiger partial charge on any atom is 0.339 e. The number of hydrogen-bond acceptors (Lipinski definition) is 5.